The van der Waals surface area contributed by atoms with Gasteiger partial charge in [-0.25, -0.2) is 9.18 Å². The van der Waals surface area contributed by atoms with E-state index in [0.717, 1.165) is 6.92 Å². The summed E-state index contributed by atoms with van der Waals surface area (Å²) in [7, 11) is 0. The second-order valence-electron chi connectivity index (χ2n) is 7.94. The number of halogens is 4. The number of benzene rings is 1. The van der Waals surface area contributed by atoms with Gasteiger partial charge in [0.2, 0.25) is 5.60 Å². The third kappa shape index (κ3) is 4.63. The van der Waals surface area contributed by atoms with Gasteiger partial charge in [-0.05, 0) is 66.9 Å². The van der Waals surface area contributed by atoms with E-state index in [9.17, 15) is 27.5 Å². The summed E-state index contributed by atoms with van der Waals surface area (Å²) in [6.07, 6.45) is -3.97. The van der Waals surface area contributed by atoms with Crippen molar-refractivity contribution in [2.45, 2.75) is 38.6 Å². The average Bonchev–Trinajstić information content (AvgIpc) is 3.47. The van der Waals surface area contributed by atoms with Gasteiger partial charge < -0.3 is 24.0 Å². The van der Waals surface area contributed by atoms with Crippen molar-refractivity contribution in [3.8, 4) is 11.3 Å². The number of hydrogen-bond donors (Lipinski definition) is 2. The van der Waals surface area contributed by atoms with E-state index in [-0.39, 0.29) is 19.2 Å². The first-order valence-corrected chi connectivity index (χ1v) is 11.0. The van der Waals surface area contributed by atoms with Gasteiger partial charge in [-0.15, -0.1) is 5.10 Å². The molecule has 0 saturated carbocycles. The number of ether oxygens (including phenoxy) is 1. The Balaban J connectivity index is 1.62. The summed E-state index contributed by atoms with van der Waals surface area (Å²) in [4.78, 5) is 12.6. The van der Waals surface area contributed by atoms with Gasteiger partial charge in [0.25, 0.3) is 5.89 Å². The van der Waals surface area contributed by atoms with Crippen LogP contribution in [0.3, 0.4) is 0 Å². The predicted molar refractivity (Wildman–Crippen MR) is 121 cm³/mol. The normalized spacial score (nSPS) is 13.5. The number of anilines is 1. The van der Waals surface area contributed by atoms with Crippen molar-refractivity contribution in [2.75, 3.05) is 11.9 Å². The Bertz CT molecular complexity index is 1380. The van der Waals surface area contributed by atoms with Crippen LogP contribution in [-0.2, 0) is 16.9 Å². The van der Waals surface area contributed by atoms with Gasteiger partial charge >= 0.3 is 18.2 Å². The summed E-state index contributed by atoms with van der Waals surface area (Å²) in [6.45, 7) is 3.12. The number of nitrogens with zero attached hydrogens (tertiary/aromatic N) is 3. The van der Waals surface area contributed by atoms with E-state index in [2.05, 4.69) is 15.5 Å². The molecule has 4 rings (SSSR count). The second kappa shape index (κ2) is 9.61. The molecule has 0 spiro atoms. The van der Waals surface area contributed by atoms with E-state index < -0.39 is 35.9 Å². The summed E-state index contributed by atoms with van der Waals surface area (Å²) in [6, 6.07) is 10.5. The molecule has 4 aromatic rings. The van der Waals surface area contributed by atoms with Crippen LogP contribution in [0.2, 0.25) is 0 Å². The van der Waals surface area contributed by atoms with Crippen LogP contribution in [0.25, 0.3) is 16.8 Å². The number of nitrogens with one attached hydrogen (secondary N) is 1. The van der Waals surface area contributed by atoms with Gasteiger partial charge in [0.15, 0.2) is 0 Å². The van der Waals surface area contributed by atoms with Gasteiger partial charge in [-0.1, -0.05) is 12.0 Å². The number of pyridine rings is 1. The maximum absolute atomic E-state index is 13.5. The van der Waals surface area contributed by atoms with E-state index in [1.54, 1.807) is 47.9 Å². The fraction of sp³-hybridized carbons (Fsp3) is 0.292. The molecule has 0 saturated heterocycles. The zero-order valence-corrected chi connectivity index (χ0v) is 19.3. The van der Waals surface area contributed by atoms with E-state index in [4.69, 9.17) is 9.15 Å². The van der Waals surface area contributed by atoms with Crippen LogP contribution in [-0.4, -0.2) is 38.5 Å². The average molecular weight is 506 g/mol. The van der Waals surface area contributed by atoms with Crippen molar-refractivity contribution >= 4 is 17.5 Å². The first-order valence-electron chi connectivity index (χ1n) is 11.0. The highest BCUT2D eigenvalue weighted by Gasteiger charge is 2.57. The molecule has 2 N–H and O–H groups in total. The molecule has 36 heavy (non-hydrogen) atoms. The second-order valence-corrected chi connectivity index (χ2v) is 7.94. The molecule has 0 amide bonds. The molecule has 1 atom stereocenters. The maximum Gasteiger partial charge on any atom is 0.426 e. The number of alkyl halides is 3. The van der Waals surface area contributed by atoms with Crippen LogP contribution >= 0.6 is 0 Å². The lowest BCUT2D eigenvalue weighted by Gasteiger charge is -2.25. The largest absolute Gasteiger partial charge is 0.462 e. The highest BCUT2D eigenvalue weighted by atomic mass is 19.4. The predicted octanol–water partition coefficient (Wildman–Crippen LogP) is 5.08. The summed E-state index contributed by atoms with van der Waals surface area (Å²) >= 11 is 0. The van der Waals surface area contributed by atoms with Gasteiger partial charge in [0.1, 0.15) is 5.82 Å². The number of aromatic nitrogens is 3. The number of aliphatic hydroxyl groups is 1. The van der Waals surface area contributed by atoms with E-state index >= 15 is 0 Å². The van der Waals surface area contributed by atoms with Crippen LogP contribution in [0, 0.1) is 5.82 Å². The third-order valence-corrected chi connectivity index (χ3v) is 5.65. The standard InChI is InChI=1S/C24H22F4N4O4/c1-3-23(34,24(26,27)28)21-30-31-22(36-21)29-13-14-9-10-32-17(11-14)12-18(20(33)35-4-2)19(32)15-5-7-16(25)8-6-15/h5-12,34H,3-4,13H2,1-2H3,(H,29,31). The molecule has 0 fully saturated rings. The molecule has 3 aromatic heterocycles. The monoisotopic (exact) mass is 506 g/mol. The molecular formula is C24H22F4N4O4. The van der Waals surface area contributed by atoms with Crippen molar-refractivity contribution in [1.29, 1.82) is 0 Å². The summed E-state index contributed by atoms with van der Waals surface area (Å²) in [5.74, 6) is -1.90. The van der Waals surface area contributed by atoms with E-state index in [0.29, 0.717) is 27.9 Å². The third-order valence-electron chi connectivity index (χ3n) is 5.65. The van der Waals surface area contributed by atoms with Crippen molar-refractivity contribution in [2.24, 2.45) is 0 Å². The smallest absolute Gasteiger partial charge is 0.426 e. The maximum atomic E-state index is 13.5. The molecule has 3 heterocycles. The topological polar surface area (TPSA) is 102 Å². The zero-order chi connectivity index (χ0) is 26.1. The van der Waals surface area contributed by atoms with Crippen LogP contribution in [0.1, 0.15) is 42.1 Å². The molecule has 0 radical (unpaired) electrons. The fourth-order valence-electron chi connectivity index (χ4n) is 3.71. The molecular weight excluding hydrogens is 484 g/mol. The Morgan fingerprint density at radius 2 is 1.86 bits per heavy atom. The Morgan fingerprint density at radius 1 is 1.14 bits per heavy atom. The van der Waals surface area contributed by atoms with Crippen LogP contribution in [0.4, 0.5) is 23.6 Å². The Kier molecular flexibility index (Phi) is 6.72. The lowest BCUT2D eigenvalue weighted by atomic mass is 10.0. The van der Waals surface area contributed by atoms with Crippen molar-refractivity contribution in [3.05, 3.63) is 71.5 Å². The molecule has 0 aliphatic rings. The van der Waals surface area contributed by atoms with Crippen molar-refractivity contribution in [1.82, 2.24) is 14.6 Å². The highest BCUT2D eigenvalue weighted by molar-refractivity contribution is 5.99. The Labute approximate surface area is 202 Å². The zero-order valence-electron chi connectivity index (χ0n) is 19.3. The van der Waals surface area contributed by atoms with Crippen LogP contribution < -0.4 is 5.32 Å². The molecule has 0 aliphatic heterocycles. The van der Waals surface area contributed by atoms with Gasteiger partial charge in [0, 0.05) is 18.3 Å². The minimum absolute atomic E-state index is 0.0977. The van der Waals surface area contributed by atoms with Gasteiger partial charge in [0.05, 0.1) is 17.9 Å². The van der Waals surface area contributed by atoms with Crippen molar-refractivity contribution in [3.63, 3.8) is 0 Å². The molecule has 1 unspecified atom stereocenters. The molecule has 0 bridgehead atoms. The number of fused-ring (bicyclic) bond motifs is 1. The van der Waals surface area contributed by atoms with E-state index in [1.807, 2.05) is 0 Å². The Hall–Kier alpha value is -3.93. The lowest BCUT2D eigenvalue weighted by molar-refractivity contribution is -0.275. The number of esters is 1. The first-order chi connectivity index (χ1) is 17.1. The molecule has 0 aliphatic carbocycles. The van der Waals surface area contributed by atoms with E-state index in [1.165, 1.54) is 12.1 Å². The molecule has 1 aromatic carbocycles. The molecule has 8 nitrogen and oxygen atoms in total. The quantitative estimate of drug-likeness (QED) is 0.254. The lowest BCUT2D eigenvalue weighted by Crippen LogP contribution is -2.42. The highest BCUT2D eigenvalue weighted by Crippen LogP contribution is 2.41. The summed E-state index contributed by atoms with van der Waals surface area (Å²) in [5.41, 5.74) is -0.512. The number of carbonyl (C=O) groups is 1. The first kappa shape index (κ1) is 25.2. The summed E-state index contributed by atoms with van der Waals surface area (Å²) < 4.78 is 65.1. The number of carbonyl (C=O) groups excluding carboxylic acids is 1. The summed E-state index contributed by atoms with van der Waals surface area (Å²) in [5, 5.41) is 19.6. The number of hydrogen-bond acceptors (Lipinski definition) is 7. The molecule has 12 heteroatoms. The van der Waals surface area contributed by atoms with Gasteiger partial charge in [-0.3, -0.25) is 0 Å². The fourth-order valence-corrected chi connectivity index (χ4v) is 3.71. The van der Waals surface area contributed by atoms with Crippen LogP contribution in [0.15, 0.2) is 53.1 Å². The minimum atomic E-state index is -4.98. The number of rotatable bonds is 8. The SMILES string of the molecule is CCOC(=O)c1cc2cc(CNc3nnc(C(O)(CC)C(F)(F)F)o3)ccn2c1-c1ccc(F)cc1. The Morgan fingerprint density at radius 3 is 2.50 bits per heavy atom. The molecule has 190 valence electrons. The minimum Gasteiger partial charge on any atom is -0.462 e. The van der Waals surface area contributed by atoms with Gasteiger partial charge in [-0.2, -0.15) is 13.2 Å². The van der Waals surface area contributed by atoms with Crippen molar-refractivity contribution < 1.29 is 36.6 Å². The van der Waals surface area contributed by atoms with Crippen LogP contribution in [0.5, 0.6) is 0 Å².